The van der Waals surface area contributed by atoms with Crippen molar-refractivity contribution in [2.75, 3.05) is 38.1 Å². The van der Waals surface area contributed by atoms with E-state index in [-0.39, 0.29) is 24.0 Å². The molecule has 1 aromatic rings. The molecule has 3 N–H and O–H groups in total. The Morgan fingerprint density at radius 2 is 2.06 bits per heavy atom. The molecule has 0 aromatic heterocycles. The highest BCUT2D eigenvalue weighted by Crippen LogP contribution is 2.37. The van der Waals surface area contributed by atoms with Gasteiger partial charge in [0.05, 0.1) is 13.7 Å². The molecule has 33 heavy (non-hydrogen) atoms. The Kier molecular flexibility index (Phi) is 11.5. The van der Waals surface area contributed by atoms with Gasteiger partial charge in [-0.15, -0.1) is 0 Å². The van der Waals surface area contributed by atoms with Crippen LogP contribution in [0.2, 0.25) is 0 Å². The van der Waals surface area contributed by atoms with E-state index in [0.717, 1.165) is 24.5 Å². The van der Waals surface area contributed by atoms with E-state index in [0.29, 0.717) is 24.8 Å². The average Bonchev–Trinajstić information content (AvgIpc) is 3.25. The number of carbonyl (C=O) groups excluding carboxylic acids is 2. The summed E-state index contributed by atoms with van der Waals surface area (Å²) in [7, 11) is 2.91. The first-order valence-corrected chi connectivity index (χ1v) is 12.4. The molecule has 1 amide bonds. The number of hydrogen-bond donors (Lipinski definition) is 3. The number of ether oxygens (including phenoxy) is 1. The van der Waals surface area contributed by atoms with Gasteiger partial charge in [-0.3, -0.25) is 9.10 Å². The Bertz CT molecular complexity index is 848. The summed E-state index contributed by atoms with van der Waals surface area (Å²) in [6, 6.07) is 3.58. The Labute approximate surface area is 198 Å². The lowest BCUT2D eigenvalue weighted by Gasteiger charge is -2.26. The van der Waals surface area contributed by atoms with Gasteiger partial charge in [0.15, 0.2) is 17.0 Å². The van der Waals surface area contributed by atoms with Gasteiger partial charge in [-0.1, -0.05) is 25.3 Å². The molecule has 1 saturated carbocycles. The maximum absolute atomic E-state index is 15.5. The first-order chi connectivity index (χ1) is 16.0. The highest BCUT2D eigenvalue weighted by Gasteiger charge is 2.27. The molecule has 1 aromatic carbocycles. The van der Waals surface area contributed by atoms with Crippen molar-refractivity contribution in [1.82, 2.24) is 15.4 Å². The lowest BCUT2D eigenvalue weighted by molar-refractivity contribution is -0.109. The van der Waals surface area contributed by atoms with Crippen LogP contribution in [0.15, 0.2) is 18.2 Å². The van der Waals surface area contributed by atoms with E-state index in [1.807, 2.05) is 6.92 Å². The summed E-state index contributed by atoms with van der Waals surface area (Å²) in [5, 5.41) is 5.87. The van der Waals surface area contributed by atoms with E-state index in [9.17, 15) is 13.8 Å². The number of nitrogens with zero attached hydrogens (tertiary/aromatic N) is 1. The van der Waals surface area contributed by atoms with Crippen LogP contribution in [-0.4, -0.2) is 56.7 Å². The van der Waals surface area contributed by atoms with E-state index in [2.05, 4.69) is 21.4 Å². The number of aldehydes is 1. The maximum atomic E-state index is 15.5. The van der Waals surface area contributed by atoms with E-state index in [4.69, 9.17) is 4.74 Å². The number of rotatable bonds is 12. The van der Waals surface area contributed by atoms with Crippen LogP contribution in [0.3, 0.4) is 0 Å². The molecule has 3 rings (SSSR count). The smallest absolute Gasteiger partial charge is 0.207 e. The number of amides is 1. The van der Waals surface area contributed by atoms with Crippen LogP contribution in [-0.2, 0) is 20.8 Å². The highest BCUT2D eigenvalue weighted by atomic mass is 32.2. The summed E-state index contributed by atoms with van der Waals surface area (Å²) in [4.78, 5) is 20.4. The first kappa shape index (κ1) is 26.9. The fourth-order valence-electron chi connectivity index (χ4n) is 3.86. The standard InChI is InChI=1S/C20H28FN3O3S.C3H7NO/c1-22-28(26)24(10-11-25)20-18(27-2)9-8-17(19(20)21)15-12-16(23-13-15)7-6-14-4-3-5-14;1-2-4-3-5/h8-9,11-12,14,16,22-23H,3-7,10,13H2,1-2H3;3H,2H2,1H3,(H,4,5). The molecule has 1 aliphatic heterocycles. The quantitative estimate of drug-likeness (QED) is 0.397. The summed E-state index contributed by atoms with van der Waals surface area (Å²) < 4.78 is 36.8. The topological polar surface area (TPSA) is 99.8 Å². The first-order valence-electron chi connectivity index (χ1n) is 11.3. The minimum absolute atomic E-state index is 0.0265. The van der Waals surface area contributed by atoms with E-state index < -0.39 is 17.0 Å². The number of halogens is 1. The van der Waals surface area contributed by atoms with Gasteiger partial charge in [0, 0.05) is 24.7 Å². The van der Waals surface area contributed by atoms with E-state index >= 15 is 4.39 Å². The number of hydrogen-bond acceptors (Lipinski definition) is 5. The molecule has 0 radical (unpaired) electrons. The third kappa shape index (κ3) is 7.35. The minimum Gasteiger partial charge on any atom is -0.494 e. The van der Waals surface area contributed by atoms with Gasteiger partial charge in [-0.25, -0.2) is 13.3 Å². The van der Waals surface area contributed by atoms with Crippen molar-refractivity contribution < 1.29 is 22.9 Å². The van der Waals surface area contributed by atoms with Gasteiger partial charge >= 0.3 is 0 Å². The molecule has 2 atom stereocenters. The number of anilines is 1. The zero-order valence-electron chi connectivity index (χ0n) is 19.6. The van der Waals surface area contributed by atoms with Crippen LogP contribution >= 0.6 is 0 Å². The molecule has 0 saturated heterocycles. The molecule has 1 heterocycles. The second-order valence-electron chi connectivity index (χ2n) is 7.89. The Balaban J connectivity index is 0.000000696. The SMILES string of the molecule is CCNC=O.CNS(=O)N(CC=O)c1c(OC)ccc(C2=CC(CCC3CCC3)NC2)c1F. The number of benzene rings is 1. The highest BCUT2D eigenvalue weighted by molar-refractivity contribution is 7.84. The molecule has 184 valence electrons. The van der Waals surface area contributed by atoms with Crippen LogP contribution in [0.1, 0.15) is 44.6 Å². The summed E-state index contributed by atoms with van der Waals surface area (Å²) in [6.07, 6.45) is 9.62. The molecule has 8 nitrogen and oxygen atoms in total. The fourth-order valence-corrected chi connectivity index (χ4v) is 4.62. The van der Waals surface area contributed by atoms with Gasteiger partial charge in [0.1, 0.15) is 17.7 Å². The third-order valence-electron chi connectivity index (χ3n) is 5.86. The van der Waals surface area contributed by atoms with Gasteiger partial charge in [0.2, 0.25) is 6.41 Å². The number of methoxy groups -OCH3 is 1. The molecule has 0 bridgehead atoms. The van der Waals surface area contributed by atoms with Gasteiger partial charge in [0.25, 0.3) is 0 Å². The van der Waals surface area contributed by atoms with Crippen LogP contribution in [0.25, 0.3) is 5.57 Å². The van der Waals surface area contributed by atoms with Crippen molar-refractivity contribution >= 4 is 35.1 Å². The van der Waals surface area contributed by atoms with Crippen LogP contribution in [0, 0.1) is 11.7 Å². The predicted octanol–water partition coefficient (Wildman–Crippen LogP) is 2.33. The normalized spacial score (nSPS) is 18.3. The molecule has 1 fully saturated rings. The van der Waals surface area contributed by atoms with Crippen molar-refractivity contribution in [1.29, 1.82) is 0 Å². The molecule has 10 heteroatoms. The average molecular weight is 483 g/mol. The van der Waals surface area contributed by atoms with Gasteiger partial charge < -0.3 is 20.2 Å². The Hall–Kier alpha value is -2.30. The molecular formula is C23H35FN4O4S. The van der Waals surface area contributed by atoms with Crippen LogP contribution in [0.5, 0.6) is 5.75 Å². The lowest BCUT2D eigenvalue weighted by Crippen LogP contribution is -2.35. The summed E-state index contributed by atoms with van der Waals surface area (Å²) in [6.45, 7) is 2.96. The van der Waals surface area contributed by atoms with Crippen molar-refractivity contribution in [3.8, 4) is 5.75 Å². The summed E-state index contributed by atoms with van der Waals surface area (Å²) >= 11 is -1.76. The van der Waals surface area contributed by atoms with E-state index in [1.165, 1.54) is 44.1 Å². The van der Waals surface area contributed by atoms with Crippen molar-refractivity contribution in [3.63, 3.8) is 0 Å². The molecule has 0 spiro atoms. The predicted molar refractivity (Wildman–Crippen MR) is 130 cm³/mol. The third-order valence-corrected chi connectivity index (χ3v) is 6.95. The fraction of sp³-hybridized carbons (Fsp3) is 0.565. The van der Waals surface area contributed by atoms with Gasteiger partial charge in [-0.2, -0.15) is 0 Å². The Morgan fingerprint density at radius 1 is 1.30 bits per heavy atom. The van der Waals surface area contributed by atoms with E-state index in [1.54, 1.807) is 12.1 Å². The van der Waals surface area contributed by atoms with Crippen LogP contribution in [0.4, 0.5) is 10.1 Å². The zero-order valence-corrected chi connectivity index (χ0v) is 20.4. The van der Waals surface area contributed by atoms with Crippen LogP contribution < -0.4 is 24.4 Å². The summed E-state index contributed by atoms with van der Waals surface area (Å²) in [5.41, 5.74) is 1.35. The maximum Gasteiger partial charge on any atom is 0.207 e. The number of nitrogens with one attached hydrogen (secondary N) is 3. The summed E-state index contributed by atoms with van der Waals surface area (Å²) in [5.74, 6) is 0.550. The second-order valence-corrected chi connectivity index (χ2v) is 9.24. The molecule has 2 unspecified atom stereocenters. The lowest BCUT2D eigenvalue weighted by atomic mass is 9.81. The van der Waals surface area contributed by atoms with Crippen molar-refractivity contribution in [3.05, 3.63) is 29.6 Å². The largest absolute Gasteiger partial charge is 0.494 e. The Morgan fingerprint density at radius 3 is 2.58 bits per heavy atom. The van der Waals surface area contributed by atoms with Crippen molar-refractivity contribution in [2.45, 2.75) is 45.1 Å². The number of carbonyl (C=O) groups is 2. The molecule has 1 aliphatic carbocycles. The second kappa shape index (κ2) is 14.1. The minimum atomic E-state index is -1.76. The zero-order chi connectivity index (χ0) is 24.2. The molecule has 2 aliphatic rings. The molecular weight excluding hydrogens is 447 g/mol. The monoisotopic (exact) mass is 482 g/mol. The van der Waals surface area contributed by atoms with Crippen molar-refractivity contribution in [2.24, 2.45) is 5.92 Å². The van der Waals surface area contributed by atoms with Gasteiger partial charge in [-0.05, 0) is 50.4 Å².